The summed E-state index contributed by atoms with van der Waals surface area (Å²) in [6, 6.07) is 13.6. The van der Waals surface area contributed by atoms with Crippen LogP contribution in [0, 0.1) is 0 Å². The second-order valence-electron chi connectivity index (χ2n) is 10.8. The molecular weight excluding hydrogens is 536 g/mol. The molecule has 5 heterocycles. The zero-order chi connectivity index (χ0) is 28.6. The van der Waals surface area contributed by atoms with Gasteiger partial charge in [0.05, 0.1) is 47.5 Å². The van der Waals surface area contributed by atoms with E-state index in [9.17, 15) is 9.90 Å². The minimum absolute atomic E-state index is 0.138. The number of piperazine rings is 1. The average Bonchev–Trinajstić information content (AvgIpc) is 3.53. The molecule has 0 saturated carbocycles. The van der Waals surface area contributed by atoms with Crippen LogP contribution in [-0.2, 0) is 31.5 Å². The Morgan fingerprint density at radius 3 is 2.71 bits per heavy atom. The number of benzene rings is 2. The van der Waals surface area contributed by atoms with Crippen LogP contribution in [0.3, 0.4) is 0 Å². The highest BCUT2D eigenvalue weighted by molar-refractivity contribution is 5.92. The Bertz CT molecular complexity index is 1750. The Labute approximate surface area is 242 Å². The summed E-state index contributed by atoms with van der Waals surface area (Å²) in [4.78, 5) is 30.1. The van der Waals surface area contributed by atoms with Crippen molar-refractivity contribution in [3.8, 4) is 6.01 Å². The van der Waals surface area contributed by atoms with Crippen LogP contribution in [0.5, 0.6) is 6.01 Å². The van der Waals surface area contributed by atoms with E-state index in [1.165, 1.54) is 0 Å². The van der Waals surface area contributed by atoms with E-state index in [2.05, 4.69) is 35.5 Å². The summed E-state index contributed by atoms with van der Waals surface area (Å²) in [6.07, 6.45) is 4.73. The smallest absolute Gasteiger partial charge is 0.335 e. The third kappa shape index (κ3) is 5.26. The summed E-state index contributed by atoms with van der Waals surface area (Å²) in [5.74, 6) is 0.836. The summed E-state index contributed by atoms with van der Waals surface area (Å²) < 4.78 is 15.6. The van der Waals surface area contributed by atoms with E-state index >= 15 is 0 Å². The number of carbonyl (C=O) groups is 1. The lowest BCUT2D eigenvalue weighted by Gasteiger charge is -2.35. The lowest BCUT2D eigenvalue weighted by molar-refractivity contribution is -0.0592. The molecule has 0 aliphatic carbocycles. The number of anilines is 1. The summed E-state index contributed by atoms with van der Waals surface area (Å²) in [7, 11) is 1.93. The van der Waals surface area contributed by atoms with E-state index in [1.54, 1.807) is 24.4 Å². The number of carboxylic acids is 1. The highest BCUT2D eigenvalue weighted by Gasteiger charge is 2.25. The van der Waals surface area contributed by atoms with Crippen LogP contribution in [0.1, 0.15) is 28.2 Å². The number of nitrogens with zero attached hydrogens (tertiary/aromatic N) is 8. The van der Waals surface area contributed by atoms with Gasteiger partial charge in [0.15, 0.2) is 0 Å². The van der Waals surface area contributed by atoms with Gasteiger partial charge in [-0.25, -0.2) is 14.8 Å². The van der Waals surface area contributed by atoms with Gasteiger partial charge >= 0.3 is 12.0 Å². The molecule has 1 unspecified atom stereocenters. The molecule has 0 radical (unpaired) electrons. The SMILES string of the molecule is Cn1ncc2ccc(COc3nccc(N4CCN(Cc5nc6ccc(C(=O)O)cc6n5CC5CCO5)CC4)n3)cc21. The topological polar surface area (TPSA) is 124 Å². The lowest BCUT2D eigenvalue weighted by atomic mass is 10.1. The van der Waals surface area contributed by atoms with E-state index in [-0.39, 0.29) is 11.7 Å². The van der Waals surface area contributed by atoms with Gasteiger partial charge < -0.3 is 24.0 Å². The molecule has 1 N–H and O–H groups in total. The fourth-order valence-corrected chi connectivity index (χ4v) is 5.60. The van der Waals surface area contributed by atoms with Crippen molar-refractivity contribution in [1.82, 2.24) is 34.2 Å². The fourth-order valence-electron chi connectivity index (χ4n) is 5.60. The van der Waals surface area contributed by atoms with Crippen LogP contribution in [-0.4, -0.2) is 84.2 Å². The third-order valence-electron chi connectivity index (χ3n) is 8.12. The first kappa shape index (κ1) is 26.4. The number of hydrogen-bond acceptors (Lipinski definition) is 9. The Hall–Kier alpha value is -4.55. The second kappa shape index (κ2) is 11.0. The van der Waals surface area contributed by atoms with Gasteiger partial charge in [-0.2, -0.15) is 10.1 Å². The molecular formula is C30H32N8O4. The van der Waals surface area contributed by atoms with Crippen molar-refractivity contribution in [2.75, 3.05) is 37.7 Å². The highest BCUT2D eigenvalue weighted by atomic mass is 16.5. The van der Waals surface area contributed by atoms with Crippen LogP contribution in [0.2, 0.25) is 0 Å². The maximum atomic E-state index is 11.6. The van der Waals surface area contributed by atoms with Crippen molar-refractivity contribution in [3.05, 3.63) is 71.8 Å². The Morgan fingerprint density at radius 1 is 1.07 bits per heavy atom. The molecule has 216 valence electrons. The van der Waals surface area contributed by atoms with E-state index in [0.717, 1.165) is 78.3 Å². The Morgan fingerprint density at radius 2 is 1.93 bits per heavy atom. The monoisotopic (exact) mass is 568 g/mol. The number of aromatic carboxylic acids is 1. The molecule has 7 rings (SSSR count). The van der Waals surface area contributed by atoms with Crippen molar-refractivity contribution >= 4 is 33.7 Å². The minimum Gasteiger partial charge on any atom is -0.478 e. The molecule has 2 aliphatic heterocycles. The van der Waals surface area contributed by atoms with Crippen LogP contribution < -0.4 is 9.64 Å². The van der Waals surface area contributed by atoms with Gasteiger partial charge in [-0.3, -0.25) is 9.58 Å². The van der Waals surface area contributed by atoms with Crippen LogP contribution in [0.25, 0.3) is 21.9 Å². The molecule has 2 fully saturated rings. The molecule has 12 heteroatoms. The quantitative estimate of drug-likeness (QED) is 0.284. The van der Waals surface area contributed by atoms with Gasteiger partial charge in [0.2, 0.25) is 0 Å². The number of hydrogen-bond donors (Lipinski definition) is 1. The van der Waals surface area contributed by atoms with E-state index in [1.807, 2.05) is 36.1 Å². The molecule has 0 bridgehead atoms. The van der Waals surface area contributed by atoms with Crippen molar-refractivity contribution < 1.29 is 19.4 Å². The molecule has 0 spiro atoms. The summed E-state index contributed by atoms with van der Waals surface area (Å²) in [5.41, 5.74) is 4.00. The zero-order valence-electron chi connectivity index (χ0n) is 23.4. The maximum absolute atomic E-state index is 11.6. The molecule has 2 aromatic carbocycles. The van der Waals surface area contributed by atoms with Crippen molar-refractivity contribution in [2.24, 2.45) is 7.05 Å². The molecule has 1 atom stereocenters. The minimum atomic E-state index is -0.938. The van der Waals surface area contributed by atoms with Gasteiger partial charge in [-0.1, -0.05) is 12.1 Å². The van der Waals surface area contributed by atoms with Crippen molar-refractivity contribution in [2.45, 2.75) is 32.2 Å². The predicted octanol–water partition coefficient (Wildman–Crippen LogP) is 3.10. The first-order chi connectivity index (χ1) is 20.5. The first-order valence-corrected chi connectivity index (χ1v) is 14.2. The van der Waals surface area contributed by atoms with Crippen molar-refractivity contribution in [1.29, 1.82) is 0 Å². The van der Waals surface area contributed by atoms with Gasteiger partial charge in [-0.15, -0.1) is 0 Å². The van der Waals surface area contributed by atoms with Crippen LogP contribution >= 0.6 is 0 Å². The number of imidazole rings is 1. The van der Waals surface area contributed by atoms with Gasteiger partial charge in [-0.05, 0) is 42.3 Å². The van der Waals surface area contributed by atoms with E-state index < -0.39 is 5.97 Å². The molecule has 2 saturated heterocycles. The molecule has 3 aromatic heterocycles. The van der Waals surface area contributed by atoms with E-state index in [0.29, 0.717) is 25.7 Å². The van der Waals surface area contributed by atoms with Gasteiger partial charge in [0, 0.05) is 51.4 Å². The first-order valence-electron chi connectivity index (χ1n) is 14.2. The largest absolute Gasteiger partial charge is 0.478 e. The number of aryl methyl sites for hydroxylation is 1. The summed E-state index contributed by atoms with van der Waals surface area (Å²) in [6.45, 7) is 5.80. The number of fused-ring (bicyclic) bond motifs is 2. The maximum Gasteiger partial charge on any atom is 0.335 e. The van der Waals surface area contributed by atoms with Crippen LogP contribution in [0.15, 0.2) is 54.9 Å². The Balaban J connectivity index is 1.00. The second-order valence-corrected chi connectivity index (χ2v) is 10.8. The Kier molecular flexibility index (Phi) is 6.92. The lowest BCUT2D eigenvalue weighted by Crippen LogP contribution is -2.46. The molecule has 12 nitrogen and oxygen atoms in total. The molecule has 5 aromatic rings. The van der Waals surface area contributed by atoms with Gasteiger partial charge in [0.25, 0.3) is 0 Å². The number of carboxylic acid groups (broad SMARTS) is 1. The van der Waals surface area contributed by atoms with Gasteiger partial charge in [0.1, 0.15) is 18.2 Å². The number of ether oxygens (including phenoxy) is 2. The standard InChI is InChI=1S/C30H32N8O4/c1-35-25-14-20(2-3-22(25)16-32-35)19-42-30-31-8-6-27(34-30)37-11-9-36(10-12-37)18-28-33-24-5-4-21(29(39)40)15-26(24)38(28)17-23-7-13-41-23/h2-6,8,14-16,23H,7,9-13,17-19H2,1H3,(H,39,40). The molecule has 2 aliphatic rings. The fraction of sp³-hybridized carbons (Fsp3) is 0.367. The van der Waals surface area contributed by atoms with Crippen LogP contribution in [0.4, 0.5) is 5.82 Å². The highest BCUT2D eigenvalue weighted by Crippen LogP contribution is 2.24. The normalized spacial score (nSPS) is 17.5. The third-order valence-corrected chi connectivity index (χ3v) is 8.12. The summed E-state index contributed by atoms with van der Waals surface area (Å²) in [5, 5.41) is 14.9. The van der Waals surface area contributed by atoms with E-state index in [4.69, 9.17) is 14.5 Å². The number of aromatic nitrogens is 6. The molecule has 42 heavy (non-hydrogen) atoms. The number of rotatable bonds is 9. The predicted molar refractivity (Wildman–Crippen MR) is 156 cm³/mol. The molecule has 0 amide bonds. The average molecular weight is 569 g/mol. The summed E-state index contributed by atoms with van der Waals surface area (Å²) >= 11 is 0. The zero-order valence-corrected chi connectivity index (χ0v) is 23.4. The van der Waals surface area contributed by atoms with Crippen molar-refractivity contribution in [3.63, 3.8) is 0 Å².